The zero-order valence-electron chi connectivity index (χ0n) is 6.83. The second kappa shape index (κ2) is 5.09. The molecule has 60 valence electrons. The predicted molar refractivity (Wildman–Crippen MR) is 38.3 cm³/mol. The van der Waals surface area contributed by atoms with Crippen molar-refractivity contribution in [1.82, 2.24) is 0 Å². The van der Waals surface area contributed by atoms with E-state index in [1.807, 2.05) is 0 Å². The minimum absolute atomic E-state index is 0. The molecule has 0 saturated carbocycles. The van der Waals surface area contributed by atoms with Crippen molar-refractivity contribution in [1.29, 1.82) is 0 Å². The van der Waals surface area contributed by atoms with Crippen LogP contribution in [0.3, 0.4) is 0 Å². The van der Waals surface area contributed by atoms with E-state index in [0.29, 0.717) is 5.56 Å². The normalized spacial score (nSPS) is 11.9. The Bertz CT molecular complexity index is 303. The first-order valence-electron chi connectivity index (χ1n) is 2.96. The summed E-state index contributed by atoms with van der Waals surface area (Å²) in [6.07, 6.45) is 0. The Kier molecular flexibility index (Phi) is 5.20. The smallest absolute Gasteiger partial charge is 0.768 e. The molecule has 0 aliphatic carbocycles. The van der Waals surface area contributed by atoms with Crippen LogP contribution >= 0.6 is 0 Å². The molecule has 0 heterocycles. The number of aryl methyl sites for hydroxylation is 1. The van der Waals surface area contributed by atoms with Crippen LogP contribution in [0, 0.1) is 12.7 Å². The Labute approximate surface area is 94.8 Å². The van der Waals surface area contributed by atoms with E-state index in [-0.39, 0.29) is 34.5 Å². The van der Waals surface area contributed by atoms with Crippen LogP contribution in [-0.4, -0.2) is 8.76 Å². The van der Waals surface area contributed by atoms with Gasteiger partial charge in [0.05, 0.1) is 0 Å². The summed E-state index contributed by atoms with van der Waals surface area (Å²) < 4.78 is 33.2. The number of benzene rings is 1. The van der Waals surface area contributed by atoms with Gasteiger partial charge >= 0.3 is 29.6 Å². The maximum absolute atomic E-state index is 12.4. The molecule has 0 N–H and O–H groups in total. The summed E-state index contributed by atoms with van der Waals surface area (Å²) in [4.78, 5) is 0.145. The molecular formula is C7H6FNaO2S. The van der Waals surface area contributed by atoms with Crippen molar-refractivity contribution in [3.63, 3.8) is 0 Å². The Morgan fingerprint density at radius 3 is 2.50 bits per heavy atom. The van der Waals surface area contributed by atoms with Crippen molar-refractivity contribution in [2.45, 2.75) is 11.8 Å². The van der Waals surface area contributed by atoms with Crippen LogP contribution < -0.4 is 29.6 Å². The molecule has 0 bridgehead atoms. The SMILES string of the molecule is Cc1cc(F)ccc1S(=O)[O-].[Na+]. The van der Waals surface area contributed by atoms with Gasteiger partial charge in [-0.1, -0.05) is 0 Å². The van der Waals surface area contributed by atoms with E-state index in [1.165, 1.54) is 12.1 Å². The van der Waals surface area contributed by atoms with Gasteiger partial charge in [-0.2, -0.15) is 0 Å². The third kappa shape index (κ3) is 2.95. The summed E-state index contributed by atoms with van der Waals surface area (Å²) >= 11 is -2.27. The van der Waals surface area contributed by atoms with Gasteiger partial charge in [-0.15, -0.1) is 0 Å². The van der Waals surface area contributed by atoms with Crippen LogP contribution in [0.2, 0.25) is 0 Å². The van der Waals surface area contributed by atoms with Crippen LogP contribution in [0.1, 0.15) is 5.56 Å². The Hall–Kier alpha value is 0.260. The van der Waals surface area contributed by atoms with Crippen molar-refractivity contribution in [3.8, 4) is 0 Å². The number of hydrogen-bond acceptors (Lipinski definition) is 2. The zero-order chi connectivity index (χ0) is 8.43. The predicted octanol–water partition coefficient (Wildman–Crippen LogP) is -1.62. The topological polar surface area (TPSA) is 40.1 Å². The molecule has 0 aliphatic rings. The second-order valence-corrected chi connectivity index (χ2v) is 3.05. The van der Waals surface area contributed by atoms with Gasteiger partial charge in [-0.25, -0.2) is 4.39 Å². The first-order valence-corrected chi connectivity index (χ1v) is 4.04. The van der Waals surface area contributed by atoms with Crippen LogP contribution in [0.15, 0.2) is 23.1 Å². The van der Waals surface area contributed by atoms with Gasteiger partial charge in [0.1, 0.15) is 5.82 Å². The summed E-state index contributed by atoms with van der Waals surface area (Å²) in [6.45, 7) is 1.55. The molecule has 0 fully saturated rings. The van der Waals surface area contributed by atoms with Crippen molar-refractivity contribution >= 4 is 11.1 Å². The quantitative estimate of drug-likeness (QED) is 0.400. The van der Waals surface area contributed by atoms with E-state index in [4.69, 9.17) is 0 Å². The van der Waals surface area contributed by atoms with E-state index in [2.05, 4.69) is 0 Å². The third-order valence-corrected chi connectivity index (χ3v) is 2.13. The molecule has 5 heteroatoms. The minimum atomic E-state index is -2.27. The van der Waals surface area contributed by atoms with Crippen LogP contribution in [-0.2, 0) is 11.1 Å². The monoisotopic (exact) mass is 196 g/mol. The molecule has 0 aromatic heterocycles. The molecule has 0 saturated heterocycles. The molecule has 1 aromatic carbocycles. The van der Waals surface area contributed by atoms with Gasteiger partial charge in [0.15, 0.2) is 0 Å². The van der Waals surface area contributed by atoms with Gasteiger partial charge in [-0.05, 0) is 41.8 Å². The van der Waals surface area contributed by atoms with Gasteiger partial charge in [-0.3, -0.25) is 4.21 Å². The molecule has 1 unspecified atom stereocenters. The Balaban J connectivity index is 0.00000121. The first kappa shape index (κ1) is 12.3. The Morgan fingerprint density at radius 1 is 1.50 bits per heavy atom. The fraction of sp³-hybridized carbons (Fsp3) is 0.143. The number of halogens is 1. The maximum atomic E-state index is 12.4. The average Bonchev–Trinajstić information content (AvgIpc) is 1.85. The van der Waals surface area contributed by atoms with Crippen molar-refractivity contribution in [2.75, 3.05) is 0 Å². The summed E-state index contributed by atoms with van der Waals surface area (Å²) in [7, 11) is 0. The molecule has 0 aliphatic heterocycles. The molecule has 0 spiro atoms. The van der Waals surface area contributed by atoms with E-state index >= 15 is 0 Å². The van der Waals surface area contributed by atoms with Gasteiger partial charge in [0.25, 0.3) is 0 Å². The maximum Gasteiger partial charge on any atom is 1.00 e. The van der Waals surface area contributed by atoms with Crippen LogP contribution in [0.25, 0.3) is 0 Å². The molecule has 12 heavy (non-hydrogen) atoms. The van der Waals surface area contributed by atoms with Crippen LogP contribution in [0.4, 0.5) is 4.39 Å². The molecule has 1 aromatic rings. The summed E-state index contributed by atoms with van der Waals surface area (Å²) in [5.74, 6) is -0.420. The van der Waals surface area contributed by atoms with Gasteiger partial charge in [0, 0.05) is 4.90 Å². The van der Waals surface area contributed by atoms with E-state index in [0.717, 1.165) is 6.07 Å². The third-order valence-electron chi connectivity index (χ3n) is 1.32. The fourth-order valence-corrected chi connectivity index (χ4v) is 1.30. The molecule has 2 nitrogen and oxygen atoms in total. The zero-order valence-corrected chi connectivity index (χ0v) is 9.65. The van der Waals surface area contributed by atoms with Gasteiger partial charge in [0.2, 0.25) is 0 Å². The van der Waals surface area contributed by atoms with Crippen molar-refractivity contribution in [3.05, 3.63) is 29.6 Å². The molecule has 1 rings (SSSR count). The second-order valence-electron chi connectivity index (χ2n) is 2.14. The van der Waals surface area contributed by atoms with E-state index in [1.54, 1.807) is 6.92 Å². The largest absolute Gasteiger partial charge is 1.00 e. The molecule has 0 radical (unpaired) electrons. The minimum Gasteiger partial charge on any atom is -0.768 e. The Morgan fingerprint density at radius 2 is 2.08 bits per heavy atom. The van der Waals surface area contributed by atoms with Crippen molar-refractivity contribution in [2.24, 2.45) is 0 Å². The summed E-state index contributed by atoms with van der Waals surface area (Å²) in [6, 6.07) is 3.55. The summed E-state index contributed by atoms with van der Waals surface area (Å²) in [5, 5.41) is 0. The molecule has 0 amide bonds. The van der Waals surface area contributed by atoms with Gasteiger partial charge < -0.3 is 4.55 Å². The molecular weight excluding hydrogens is 190 g/mol. The molecule has 1 atom stereocenters. The van der Waals surface area contributed by atoms with Crippen molar-refractivity contribution < 1.29 is 42.7 Å². The average molecular weight is 196 g/mol. The van der Waals surface area contributed by atoms with E-state index in [9.17, 15) is 13.2 Å². The standard InChI is InChI=1S/C7H7FO2S.Na/c1-5-4-6(8)2-3-7(5)11(9)10;/h2-4H,1H3,(H,9,10);/q;+1/p-1. The van der Waals surface area contributed by atoms with Crippen LogP contribution in [0.5, 0.6) is 0 Å². The number of rotatable bonds is 1. The fourth-order valence-electron chi connectivity index (χ4n) is 0.800. The number of hydrogen-bond donors (Lipinski definition) is 0. The summed E-state index contributed by atoms with van der Waals surface area (Å²) in [5.41, 5.74) is 0.429. The van der Waals surface area contributed by atoms with E-state index < -0.39 is 16.9 Å². The first-order chi connectivity index (χ1) is 5.11.